The lowest BCUT2D eigenvalue weighted by molar-refractivity contribution is -0.135. The molecule has 1 aliphatic heterocycles. The summed E-state index contributed by atoms with van der Waals surface area (Å²) in [6, 6.07) is 16.3. The molecule has 1 atom stereocenters. The lowest BCUT2D eigenvalue weighted by Gasteiger charge is -2.25. The van der Waals surface area contributed by atoms with Crippen LogP contribution in [0.2, 0.25) is 0 Å². The van der Waals surface area contributed by atoms with E-state index in [2.05, 4.69) is 29.6 Å². The van der Waals surface area contributed by atoms with Crippen molar-refractivity contribution in [2.24, 2.45) is 0 Å². The van der Waals surface area contributed by atoms with Crippen LogP contribution in [0.25, 0.3) is 11.1 Å². The number of amides is 2. The summed E-state index contributed by atoms with van der Waals surface area (Å²) in [5, 5.41) is 11.9. The molecule has 1 aliphatic carbocycles. The van der Waals surface area contributed by atoms with Crippen LogP contribution in [0, 0.1) is 0 Å². The Bertz CT molecular complexity index is 1060. The largest absolute Gasteiger partial charge is 0.478 e. The van der Waals surface area contributed by atoms with E-state index < -0.39 is 12.1 Å². The van der Waals surface area contributed by atoms with Crippen LogP contribution in [0.15, 0.2) is 60.2 Å². The first-order valence-electron chi connectivity index (χ1n) is 11.8. The molecular weight excluding hydrogens is 432 g/mol. The van der Waals surface area contributed by atoms with Crippen LogP contribution >= 0.6 is 0 Å². The number of alkyl carbamates (subject to hydrolysis) is 1. The normalized spacial score (nSPS) is 15.7. The average Bonchev–Trinajstić information content (AvgIpc) is 3.16. The molecule has 0 aromatic heterocycles. The molecule has 1 unspecified atom stereocenters. The Kier molecular flexibility index (Phi) is 7.30. The minimum absolute atomic E-state index is 0.00836. The van der Waals surface area contributed by atoms with Gasteiger partial charge in [-0.2, -0.15) is 0 Å². The molecule has 178 valence electrons. The first-order chi connectivity index (χ1) is 16.4. The van der Waals surface area contributed by atoms with Crippen molar-refractivity contribution in [2.75, 3.05) is 19.7 Å². The number of carbonyl (C=O) groups is 3. The molecule has 2 aromatic carbocycles. The minimum atomic E-state index is -0.916. The van der Waals surface area contributed by atoms with Crippen molar-refractivity contribution in [1.82, 2.24) is 10.2 Å². The molecule has 0 saturated carbocycles. The lowest BCUT2D eigenvalue weighted by atomic mass is 9.98. The summed E-state index contributed by atoms with van der Waals surface area (Å²) in [5.74, 6) is -0.888. The highest BCUT2D eigenvalue weighted by molar-refractivity contribution is 5.87. The molecule has 0 bridgehead atoms. The molecule has 4 rings (SSSR count). The van der Waals surface area contributed by atoms with Crippen molar-refractivity contribution >= 4 is 18.0 Å². The van der Waals surface area contributed by atoms with Crippen LogP contribution in [0.3, 0.4) is 0 Å². The number of hydrogen-bond donors (Lipinski definition) is 2. The van der Waals surface area contributed by atoms with Gasteiger partial charge in [0.2, 0.25) is 5.91 Å². The van der Waals surface area contributed by atoms with E-state index in [0.29, 0.717) is 44.3 Å². The molecule has 0 spiro atoms. The molecule has 2 aliphatic rings. The van der Waals surface area contributed by atoms with E-state index in [9.17, 15) is 14.4 Å². The summed E-state index contributed by atoms with van der Waals surface area (Å²) in [6.07, 6.45) is 3.18. The maximum atomic E-state index is 12.4. The number of aliphatic carboxylic acids is 1. The van der Waals surface area contributed by atoms with E-state index in [-0.39, 0.29) is 24.5 Å². The molecule has 7 nitrogen and oxygen atoms in total. The number of nitrogens with zero attached hydrogens (tertiary/aromatic N) is 1. The van der Waals surface area contributed by atoms with Crippen LogP contribution in [-0.2, 0) is 14.3 Å². The topological polar surface area (TPSA) is 95.9 Å². The third-order valence-electron chi connectivity index (χ3n) is 6.57. The molecule has 0 fully saturated rings. The maximum absolute atomic E-state index is 12.4. The zero-order valence-corrected chi connectivity index (χ0v) is 19.3. The zero-order valence-electron chi connectivity index (χ0n) is 19.3. The summed E-state index contributed by atoms with van der Waals surface area (Å²) in [5.41, 5.74) is 5.09. The second kappa shape index (κ2) is 10.5. The number of nitrogens with one attached hydrogen (secondary N) is 1. The van der Waals surface area contributed by atoms with Crippen molar-refractivity contribution in [3.05, 3.63) is 71.3 Å². The Labute approximate surface area is 199 Å². The second-order valence-electron chi connectivity index (χ2n) is 8.89. The molecule has 7 heteroatoms. The van der Waals surface area contributed by atoms with Gasteiger partial charge in [-0.25, -0.2) is 9.59 Å². The van der Waals surface area contributed by atoms with Gasteiger partial charge in [-0.1, -0.05) is 54.6 Å². The zero-order chi connectivity index (χ0) is 24.1. The SMILES string of the molecule is CC(CCCC(=O)N1CC=C(C(=O)O)CC1)NC(=O)OCC1c2ccccc2-c2ccccc21. The maximum Gasteiger partial charge on any atom is 0.407 e. The fourth-order valence-corrected chi connectivity index (χ4v) is 4.72. The van der Waals surface area contributed by atoms with Gasteiger partial charge >= 0.3 is 12.1 Å². The molecule has 1 heterocycles. The molecule has 2 aromatic rings. The summed E-state index contributed by atoms with van der Waals surface area (Å²) in [4.78, 5) is 37.4. The summed E-state index contributed by atoms with van der Waals surface area (Å²) < 4.78 is 5.58. The average molecular weight is 463 g/mol. The van der Waals surface area contributed by atoms with Gasteiger partial charge in [0.1, 0.15) is 6.61 Å². The van der Waals surface area contributed by atoms with Gasteiger partial charge in [-0.3, -0.25) is 4.79 Å². The highest BCUT2D eigenvalue weighted by Crippen LogP contribution is 2.44. The number of carboxylic acids is 1. The first kappa shape index (κ1) is 23.5. The van der Waals surface area contributed by atoms with E-state index in [1.54, 1.807) is 11.0 Å². The molecule has 2 N–H and O–H groups in total. The number of fused-ring (bicyclic) bond motifs is 3. The van der Waals surface area contributed by atoms with Crippen molar-refractivity contribution in [2.45, 2.75) is 44.6 Å². The minimum Gasteiger partial charge on any atom is -0.478 e. The quantitative estimate of drug-likeness (QED) is 0.609. The number of carbonyl (C=O) groups excluding carboxylic acids is 2. The van der Waals surface area contributed by atoms with E-state index in [1.165, 1.54) is 22.3 Å². The third-order valence-corrected chi connectivity index (χ3v) is 6.57. The highest BCUT2D eigenvalue weighted by atomic mass is 16.5. The molecule has 0 saturated heterocycles. The fourth-order valence-electron chi connectivity index (χ4n) is 4.72. The molecule has 0 radical (unpaired) electrons. The number of rotatable bonds is 8. The third kappa shape index (κ3) is 5.30. The van der Waals surface area contributed by atoms with Gasteiger partial charge in [-0.15, -0.1) is 0 Å². The predicted molar refractivity (Wildman–Crippen MR) is 128 cm³/mol. The monoisotopic (exact) mass is 462 g/mol. The lowest BCUT2D eigenvalue weighted by Crippen LogP contribution is -2.36. The van der Waals surface area contributed by atoms with E-state index in [0.717, 1.165) is 0 Å². The Hall–Kier alpha value is -3.61. The Morgan fingerprint density at radius 2 is 1.74 bits per heavy atom. The van der Waals surface area contributed by atoms with E-state index in [1.807, 2.05) is 31.2 Å². The van der Waals surface area contributed by atoms with E-state index in [4.69, 9.17) is 9.84 Å². The van der Waals surface area contributed by atoms with Crippen LogP contribution < -0.4 is 5.32 Å². The second-order valence-corrected chi connectivity index (χ2v) is 8.89. The van der Waals surface area contributed by atoms with Crippen molar-refractivity contribution in [3.8, 4) is 11.1 Å². The Morgan fingerprint density at radius 3 is 2.32 bits per heavy atom. The van der Waals surface area contributed by atoms with Gasteiger partial charge < -0.3 is 20.1 Å². The number of benzene rings is 2. The summed E-state index contributed by atoms with van der Waals surface area (Å²) in [6.45, 7) is 2.94. The van der Waals surface area contributed by atoms with Gasteiger partial charge in [0.05, 0.1) is 0 Å². The van der Waals surface area contributed by atoms with E-state index >= 15 is 0 Å². The first-order valence-corrected chi connectivity index (χ1v) is 11.8. The van der Waals surface area contributed by atoms with Crippen LogP contribution in [-0.4, -0.2) is 53.7 Å². The number of hydrogen-bond acceptors (Lipinski definition) is 4. The van der Waals surface area contributed by atoms with Crippen LogP contribution in [0.4, 0.5) is 4.79 Å². The molecule has 34 heavy (non-hydrogen) atoms. The van der Waals surface area contributed by atoms with Gasteiger partial charge in [0.15, 0.2) is 0 Å². The van der Waals surface area contributed by atoms with Crippen molar-refractivity contribution in [3.63, 3.8) is 0 Å². The Morgan fingerprint density at radius 1 is 1.09 bits per heavy atom. The highest BCUT2D eigenvalue weighted by Gasteiger charge is 2.29. The van der Waals surface area contributed by atoms with Crippen LogP contribution in [0.5, 0.6) is 0 Å². The van der Waals surface area contributed by atoms with Crippen LogP contribution in [0.1, 0.15) is 49.7 Å². The smallest absolute Gasteiger partial charge is 0.407 e. The van der Waals surface area contributed by atoms with Gasteiger partial charge in [0, 0.05) is 37.0 Å². The fraction of sp³-hybridized carbons (Fsp3) is 0.370. The standard InChI is InChI=1S/C27H30N2O5/c1-18(7-6-12-25(30)29-15-13-19(14-16-29)26(31)32)28-27(33)34-17-24-22-10-4-2-8-20(22)21-9-3-5-11-23(21)24/h2-5,8-11,13,18,24H,6-7,12,14-17H2,1H3,(H,28,33)(H,31,32). The number of carboxylic acid groups (broad SMARTS) is 1. The molecular formula is C27H30N2O5. The summed E-state index contributed by atoms with van der Waals surface area (Å²) >= 11 is 0. The van der Waals surface area contributed by atoms with Crippen molar-refractivity contribution < 1.29 is 24.2 Å². The van der Waals surface area contributed by atoms with Crippen molar-refractivity contribution in [1.29, 1.82) is 0 Å². The number of ether oxygens (including phenoxy) is 1. The Balaban J connectivity index is 1.20. The summed E-state index contributed by atoms with van der Waals surface area (Å²) in [7, 11) is 0. The van der Waals surface area contributed by atoms with Gasteiger partial charge in [0.25, 0.3) is 0 Å². The molecule has 2 amide bonds. The van der Waals surface area contributed by atoms with Gasteiger partial charge in [-0.05, 0) is 48.4 Å². The predicted octanol–water partition coefficient (Wildman–Crippen LogP) is 4.33.